The molecule has 3 aromatic carbocycles. The van der Waals surface area contributed by atoms with Crippen LogP contribution < -0.4 is 4.74 Å². The predicted molar refractivity (Wildman–Crippen MR) is 130 cm³/mol. The van der Waals surface area contributed by atoms with Gasteiger partial charge in [-0.3, -0.25) is 4.79 Å². The fourth-order valence-corrected chi connectivity index (χ4v) is 3.68. The van der Waals surface area contributed by atoms with Gasteiger partial charge in [0.05, 0.1) is 7.11 Å². The van der Waals surface area contributed by atoms with E-state index in [9.17, 15) is 4.79 Å². The molecule has 2 heteroatoms. The lowest BCUT2D eigenvalue weighted by Crippen LogP contribution is -2.08. The molecule has 0 saturated carbocycles. The topological polar surface area (TPSA) is 26.3 Å². The van der Waals surface area contributed by atoms with Crippen molar-refractivity contribution in [3.8, 4) is 5.75 Å². The third-order valence-corrected chi connectivity index (χ3v) is 5.44. The van der Waals surface area contributed by atoms with E-state index in [0.717, 1.165) is 35.3 Å². The Morgan fingerprint density at radius 2 is 1.55 bits per heavy atom. The molecular formula is C29H30O2. The first kappa shape index (κ1) is 22.3. The smallest absolute Gasteiger partial charge is 0.133 e. The minimum absolute atomic E-state index is 0.126. The Morgan fingerprint density at radius 3 is 2.19 bits per heavy atom. The average Bonchev–Trinajstić information content (AvgIpc) is 2.82. The van der Waals surface area contributed by atoms with E-state index in [0.29, 0.717) is 12.8 Å². The molecule has 1 atom stereocenters. The molecule has 0 saturated heterocycles. The standard InChI is InChI=1S/C29H30O2/c1-23(25-17-19-29(31-2)20-18-25)21-27(26-14-7-4-8-15-26)22-28(30)16-10-9-13-24-11-5-3-6-12-24/h3-9,11-15,17-20,27H,1,10,16,21-22H2,2H3/b13-9+. The summed E-state index contributed by atoms with van der Waals surface area (Å²) in [4.78, 5) is 12.8. The van der Waals surface area contributed by atoms with Gasteiger partial charge in [0.2, 0.25) is 0 Å². The zero-order valence-corrected chi connectivity index (χ0v) is 18.2. The summed E-state index contributed by atoms with van der Waals surface area (Å²) < 4.78 is 5.25. The molecule has 0 spiro atoms. The first-order chi connectivity index (χ1) is 15.2. The van der Waals surface area contributed by atoms with Crippen molar-refractivity contribution in [2.24, 2.45) is 0 Å². The van der Waals surface area contributed by atoms with Crippen LogP contribution in [0.2, 0.25) is 0 Å². The summed E-state index contributed by atoms with van der Waals surface area (Å²) in [6.07, 6.45) is 6.76. The van der Waals surface area contributed by atoms with E-state index in [-0.39, 0.29) is 11.7 Å². The van der Waals surface area contributed by atoms with Gasteiger partial charge in [-0.1, -0.05) is 91.5 Å². The van der Waals surface area contributed by atoms with Gasteiger partial charge in [-0.15, -0.1) is 0 Å². The van der Waals surface area contributed by atoms with Gasteiger partial charge in [0, 0.05) is 12.8 Å². The molecule has 3 rings (SSSR count). The number of hydrogen-bond donors (Lipinski definition) is 0. The summed E-state index contributed by atoms with van der Waals surface area (Å²) in [7, 11) is 1.66. The second-order valence-corrected chi connectivity index (χ2v) is 7.74. The number of benzene rings is 3. The highest BCUT2D eigenvalue weighted by Gasteiger charge is 2.17. The third kappa shape index (κ3) is 7.11. The fraction of sp³-hybridized carbons (Fsp3) is 0.207. The summed E-state index contributed by atoms with van der Waals surface area (Å²) in [6, 6.07) is 28.4. The van der Waals surface area contributed by atoms with Gasteiger partial charge in [0.25, 0.3) is 0 Å². The minimum atomic E-state index is 0.126. The molecule has 0 amide bonds. The van der Waals surface area contributed by atoms with Crippen molar-refractivity contribution in [3.63, 3.8) is 0 Å². The summed E-state index contributed by atoms with van der Waals surface area (Å²) in [5, 5.41) is 0. The molecule has 158 valence electrons. The number of Topliss-reactive ketones (excluding diaryl/α,β-unsaturated/α-hetero) is 1. The molecule has 31 heavy (non-hydrogen) atoms. The van der Waals surface area contributed by atoms with Gasteiger partial charge in [0.15, 0.2) is 0 Å². The van der Waals surface area contributed by atoms with Crippen LogP contribution in [0.25, 0.3) is 11.6 Å². The van der Waals surface area contributed by atoms with Crippen molar-refractivity contribution >= 4 is 17.4 Å². The SMILES string of the molecule is C=C(CC(CC(=O)CC/C=C/c1ccccc1)c1ccccc1)c1ccc(OC)cc1. The molecule has 0 aliphatic carbocycles. The molecule has 0 bridgehead atoms. The lowest BCUT2D eigenvalue weighted by molar-refractivity contribution is -0.119. The Bertz CT molecular complexity index is 986. The van der Waals surface area contributed by atoms with Crippen LogP contribution >= 0.6 is 0 Å². The predicted octanol–water partition coefficient (Wildman–Crippen LogP) is 7.34. The molecule has 3 aromatic rings. The maximum Gasteiger partial charge on any atom is 0.133 e. The number of ketones is 1. The maximum atomic E-state index is 12.8. The Kier molecular flexibility index (Phi) is 8.42. The highest BCUT2D eigenvalue weighted by Crippen LogP contribution is 2.32. The number of allylic oxidation sites excluding steroid dienone is 2. The molecule has 0 aliphatic rings. The normalized spacial score (nSPS) is 11.9. The maximum absolute atomic E-state index is 12.8. The van der Waals surface area contributed by atoms with Crippen molar-refractivity contribution < 1.29 is 9.53 Å². The molecule has 0 heterocycles. The van der Waals surface area contributed by atoms with E-state index in [1.165, 1.54) is 5.56 Å². The van der Waals surface area contributed by atoms with E-state index >= 15 is 0 Å². The zero-order valence-electron chi connectivity index (χ0n) is 18.2. The number of carbonyl (C=O) groups excluding carboxylic acids is 1. The molecule has 0 N–H and O–H groups in total. The molecule has 0 fully saturated rings. The Hall–Kier alpha value is -3.39. The second kappa shape index (κ2) is 11.7. The summed E-state index contributed by atoms with van der Waals surface area (Å²) in [6.45, 7) is 4.30. The van der Waals surface area contributed by atoms with Crippen LogP contribution in [0.15, 0.2) is 97.6 Å². The van der Waals surface area contributed by atoms with Crippen LogP contribution in [-0.4, -0.2) is 12.9 Å². The van der Waals surface area contributed by atoms with E-state index < -0.39 is 0 Å². The van der Waals surface area contributed by atoms with Gasteiger partial charge < -0.3 is 4.74 Å². The van der Waals surface area contributed by atoms with Crippen LogP contribution in [-0.2, 0) is 4.79 Å². The number of hydrogen-bond acceptors (Lipinski definition) is 2. The molecule has 0 aliphatic heterocycles. The van der Waals surface area contributed by atoms with E-state index in [2.05, 4.69) is 43.0 Å². The monoisotopic (exact) mass is 410 g/mol. The Balaban J connectivity index is 1.61. The highest BCUT2D eigenvalue weighted by molar-refractivity contribution is 5.80. The molecule has 0 radical (unpaired) electrons. The number of carbonyl (C=O) groups is 1. The van der Waals surface area contributed by atoms with Gasteiger partial charge in [-0.2, -0.15) is 0 Å². The van der Waals surface area contributed by atoms with Crippen molar-refractivity contribution in [2.45, 2.75) is 31.6 Å². The van der Waals surface area contributed by atoms with Crippen LogP contribution in [0.5, 0.6) is 5.75 Å². The van der Waals surface area contributed by atoms with Crippen LogP contribution in [0.3, 0.4) is 0 Å². The molecular weight excluding hydrogens is 380 g/mol. The largest absolute Gasteiger partial charge is 0.497 e. The summed E-state index contributed by atoms with van der Waals surface area (Å²) in [5.74, 6) is 1.24. The van der Waals surface area contributed by atoms with Crippen molar-refractivity contribution in [1.82, 2.24) is 0 Å². The van der Waals surface area contributed by atoms with E-state index in [4.69, 9.17) is 4.74 Å². The minimum Gasteiger partial charge on any atom is -0.497 e. The van der Waals surface area contributed by atoms with Gasteiger partial charge >= 0.3 is 0 Å². The third-order valence-electron chi connectivity index (χ3n) is 5.44. The second-order valence-electron chi connectivity index (χ2n) is 7.74. The van der Waals surface area contributed by atoms with Crippen molar-refractivity contribution in [2.75, 3.05) is 7.11 Å². The Labute approximate surface area is 185 Å². The molecule has 1 unspecified atom stereocenters. The van der Waals surface area contributed by atoms with Gasteiger partial charge in [-0.05, 0) is 53.2 Å². The summed E-state index contributed by atoms with van der Waals surface area (Å²) >= 11 is 0. The van der Waals surface area contributed by atoms with Gasteiger partial charge in [-0.25, -0.2) is 0 Å². The number of methoxy groups -OCH3 is 1. The highest BCUT2D eigenvalue weighted by atomic mass is 16.5. The van der Waals surface area contributed by atoms with Crippen LogP contribution in [0, 0.1) is 0 Å². The number of ether oxygens (including phenoxy) is 1. The lowest BCUT2D eigenvalue weighted by Gasteiger charge is -2.19. The fourth-order valence-electron chi connectivity index (χ4n) is 3.68. The first-order valence-corrected chi connectivity index (χ1v) is 10.8. The van der Waals surface area contributed by atoms with Gasteiger partial charge in [0.1, 0.15) is 11.5 Å². The molecule has 0 aromatic heterocycles. The lowest BCUT2D eigenvalue weighted by atomic mass is 9.85. The average molecular weight is 411 g/mol. The molecule has 2 nitrogen and oxygen atoms in total. The van der Waals surface area contributed by atoms with E-state index in [1.807, 2.05) is 60.7 Å². The summed E-state index contributed by atoms with van der Waals surface area (Å²) in [5.41, 5.74) is 4.46. The van der Waals surface area contributed by atoms with Crippen molar-refractivity contribution in [3.05, 3.63) is 114 Å². The quantitative estimate of drug-likeness (QED) is 0.331. The van der Waals surface area contributed by atoms with Crippen LogP contribution in [0.1, 0.15) is 48.3 Å². The van der Waals surface area contributed by atoms with Crippen molar-refractivity contribution in [1.29, 1.82) is 0 Å². The Morgan fingerprint density at radius 1 is 0.903 bits per heavy atom. The zero-order chi connectivity index (χ0) is 21.9. The van der Waals surface area contributed by atoms with E-state index in [1.54, 1.807) is 7.11 Å². The van der Waals surface area contributed by atoms with Crippen LogP contribution in [0.4, 0.5) is 0 Å². The first-order valence-electron chi connectivity index (χ1n) is 10.8. The number of rotatable bonds is 11.